The van der Waals surface area contributed by atoms with Crippen molar-refractivity contribution < 1.29 is 4.74 Å². The minimum absolute atomic E-state index is 0.455. The molecule has 0 amide bonds. The van der Waals surface area contributed by atoms with Gasteiger partial charge in [0.05, 0.1) is 0 Å². The maximum absolute atomic E-state index is 5.12. The molecule has 3 heteroatoms. The van der Waals surface area contributed by atoms with Gasteiger partial charge < -0.3 is 15.0 Å². The lowest BCUT2D eigenvalue weighted by Gasteiger charge is -2.24. The highest BCUT2D eigenvalue weighted by Crippen LogP contribution is 2.20. The van der Waals surface area contributed by atoms with Crippen LogP contribution in [0.1, 0.15) is 43.4 Å². The highest BCUT2D eigenvalue weighted by atomic mass is 16.5. The number of methoxy groups -OCH3 is 1. The summed E-state index contributed by atoms with van der Waals surface area (Å²) in [6.07, 6.45) is 3.42. The lowest BCUT2D eigenvalue weighted by Crippen LogP contribution is -2.29. The molecule has 0 spiro atoms. The van der Waals surface area contributed by atoms with E-state index >= 15 is 0 Å². The van der Waals surface area contributed by atoms with E-state index in [0.717, 1.165) is 39.1 Å². The molecule has 1 aromatic rings. The molecule has 0 aliphatic carbocycles. The topological polar surface area (TPSA) is 24.5 Å². The second-order valence-corrected chi connectivity index (χ2v) is 5.80. The molecular formula is C18H32N2O. The second-order valence-electron chi connectivity index (χ2n) is 5.80. The van der Waals surface area contributed by atoms with Crippen molar-refractivity contribution in [2.24, 2.45) is 0 Å². The summed E-state index contributed by atoms with van der Waals surface area (Å²) in [6.45, 7) is 8.56. The minimum atomic E-state index is 0.455. The SMILES string of the molecule is CCCNC(CCN(C)CCCOC)c1ccccc1C. The zero-order valence-corrected chi connectivity index (χ0v) is 14.2. The molecule has 21 heavy (non-hydrogen) atoms. The fourth-order valence-corrected chi connectivity index (χ4v) is 2.60. The maximum Gasteiger partial charge on any atom is 0.0474 e. The number of benzene rings is 1. The van der Waals surface area contributed by atoms with Crippen molar-refractivity contribution in [3.8, 4) is 0 Å². The summed E-state index contributed by atoms with van der Waals surface area (Å²) < 4.78 is 5.12. The van der Waals surface area contributed by atoms with Crippen LogP contribution in [0.5, 0.6) is 0 Å². The van der Waals surface area contributed by atoms with Crippen molar-refractivity contribution >= 4 is 0 Å². The molecule has 0 aromatic heterocycles. The fraction of sp³-hybridized carbons (Fsp3) is 0.667. The van der Waals surface area contributed by atoms with Gasteiger partial charge >= 0.3 is 0 Å². The predicted octanol–water partition coefficient (Wildman–Crippen LogP) is 3.39. The minimum Gasteiger partial charge on any atom is -0.385 e. The van der Waals surface area contributed by atoms with E-state index in [2.05, 4.69) is 55.4 Å². The van der Waals surface area contributed by atoms with Gasteiger partial charge in [-0.3, -0.25) is 0 Å². The van der Waals surface area contributed by atoms with Gasteiger partial charge in [-0.2, -0.15) is 0 Å². The van der Waals surface area contributed by atoms with Gasteiger partial charge in [-0.15, -0.1) is 0 Å². The zero-order chi connectivity index (χ0) is 15.5. The molecular weight excluding hydrogens is 260 g/mol. The molecule has 0 aliphatic rings. The summed E-state index contributed by atoms with van der Waals surface area (Å²) in [5.74, 6) is 0. The van der Waals surface area contributed by atoms with Crippen LogP contribution in [0.2, 0.25) is 0 Å². The number of nitrogens with one attached hydrogen (secondary N) is 1. The average molecular weight is 292 g/mol. The van der Waals surface area contributed by atoms with Gasteiger partial charge in [0.15, 0.2) is 0 Å². The van der Waals surface area contributed by atoms with Crippen molar-refractivity contribution in [2.45, 2.75) is 39.2 Å². The van der Waals surface area contributed by atoms with Gasteiger partial charge in [0.2, 0.25) is 0 Å². The second kappa shape index (κ2) is 10.8. The first-order chi connectivity index (χ1) is 10.2. The Morgan fingerprint density at radius 3 is 2.67 bits per heavy atom. The first-order valence-corrected chi connectivity index (χ1v) is 8.15. The number of rotatable bonds is 11. The van der Waals surface area contributed by atoms with E-state index in [9.17, 15) is 0 Å². The van der Waals surface area contributed by atoms with E-state index in [4.69, 9.17) is 4.74 Å². The Hall–Kier alpha value is -0.900. The predicted molar refractivity (Wildman–Crippen MR) is 90.8 cm³/mol. The third-order valence-electron chi connectivity index (χ3n) is 3.89. The molecule has 1 atom stereocenters. The molecule has 0 heterocycles. The molecule has 0 fully saturated rings. The van der Waals surface area contributed by atoms with E-state index in [0.29, 0.717) is 6.04 Å². The van der Waals surface area contributed by atoms with Gasteiger partial charge in [-0.1, -0.05) is 31.2 Å². The van der Waals surface area contributed by atoms with Crippen molar-refractivity contribution in [1.29, 1.82) is 0 Å². The van der Waals surface area contributed by atoms with E-state index in [-0.39, 0.29) is 0 Å². The van der Waals surface area contributed by atoms with E-state index in [1.807, 2.05) is 0 Å². The zero-order valence-electron chi connectivity index (χ0n) is 14.2. The van der Waals surface area contributed by atoms with Crippen LogP contribution in [0.15, 0.2) is 24.3 Å². The first-order valence-electron chi connectivity index (χ1n) is 8.15. The van der Waals surface area contributed by atoms with Gasteiger partial charge in [0.1, 0.15) is 0 Å². The summed E-state index contributed by atoms with van der Waals surface area (Å²) in [5, 5.41) is 3.70. The highest BCUT2D eigenvalue weighted by molar-refractivity contribution is 5.28. The Morgan fingerprint density at radius 2 is 2.00 bits per heavy atom. The van der Waals surface area contributed by atoms with Crippen LogP contribution in [0, 0.1) is 6.92 Å². The standard InChI is InChI=1S/C18H32N2O/c1-5-12-19-18(17-10-7-6-9-16(17)2)11-14-20(3)13-8-15-21-4/h6-7,9-10,18-19H,5,8,11-15H2,1-4H3. The number of hydrogen-bond acceptors (Lipinski definition) is 3. The molecule has 1 rings (SSSR count). The molecule has 1 N–H and O–H groups in total. The van der Waals surface area contributed by atoms with E-state index < -0.39 is 0 Å². The monoisotopic (exact) mass is 292 g/mol. The largest absolute Gasteiger partial charge is 0.385 e. The number of hydrogen-bond donors (Lipinski definition) is 1. The van der Waals surface area contributed by atoms with Crippen LogP contribution in [-0.4, -0.2) is 45.3 Å². The molecule has 3 nitrogen and oxygen atoms in total. The molecule has 0 radical (unpaired) electrons. The summed E-state index contributed by atoms with van der Waals surface area (Å²) in [5.41, 5.74) is 2.82. The summed E-state index contributed by atoms with van der Waals surface area (Å²) in [4.78, 5) is 2.40. The third-order valence-corrected chi connectivity index (χ3v) is 3.89. The Kier molecular flexibility index (Phi) is 9.31. The maximum atomic E-state index is 5.12. The molecule has 0 saturated heterocycles. The highest BCUT2D eigenvalue weighted by Gasteiger charge is 2.13. The van der Waals surface area contributed by atoms with Crippen LogP contribution in [0.4, 0.5) is 0 Å². The average Bonchev–Trinajstić information content (AvgIpc) is 2.49. The van der Waals surface area contributed by atoms with Gasteiger partial charge in [-0.25, -0.2) is 0 Å². The van der Waals surface area contributed by atoms with Crippen LogP contribution in [-0.2, 0) is 4.74 Å². The first kappa shape index (κ1) is 18.1. The number of aryl methyl sites for hydroxylation is 1. The van der Waals surface area contributed by atoms with Crippen LogP contribution in [0.25, 0.3) is 0 Å². The van der Waals surface area contributed by atoms with Crippen LogP contribution >= 0.6 is 0 Å². The Bertz CT molecular complexity index is 381. The van der Waals surface area contributed by atoms with Crippen molar-refractivity contribution in [1.82, 2.24) is 10.2 Å². The lowest BCUT2D eigenvalue weighted by atomic mass is 9.98. The molecule has 1 unspecified atom stereocenters. The smallest absolute Gasteiger partial charge is 0.0474 e. The van der Waals surface area contributed by atoms with Crippen molar-refractivity contribution in [3.05, 3.63) is 35.4 Å². The normalized spacial score (nSPS) is 12.8. The molecule has 0 aliphatic heterocycles. The summed E-state index contributed by atoms with van der Waals surface area (Å²) >= 11 is 0. The molecule has 0 bridgehead atoms. The molecule has 0 saturated carbocycles. The summed E-state index contributed by atoms with van der Waals surface area (Å²) in [7, 11) is 3.97. The fourth-order valence-electron chi connectivity index (χ4n) is 2.60. The van der Waals surface area contributed by atoms with Gasteiger partial charge in [0.25, 0.3) is 0 Å². The summed E-state index contributed by atoms with van der Waals surface area (Å²) in [6, 6.07) is 9.18. The number of nitrogens with zero attached hydrogens (tertiary/aromatic N) is 1. The lowest BCUT2D eigenvalue weighted by molar-refractivity contribution is 0.178. The van der Waals surface area contributed by atoms with E-state index in [1.165, 1.54) is 17.5 Å². The quantitative estimate of drug-likeness (QED) is 0.633. The molecule has 1 aromatic carbocycles. The van der Waals surface area contributed by atoms with Crippen molar-refractivity contribution in [2.75, 3.05) is 40.4 Å². The molecule has 120 valence electrons. The third kappa shape index (κ3) is 7.07. The number of ether oxygens (including phenoxy) is 1. The Morgan fingerprint density at radius 1 is 1.24 bits per heavy atom. The Balaban J connectivity index is 2.52. The van der Waals surface area contributed by atoms with Gasteiger partial charge in [0, 0.05) is 26.3 Å². The van der Waals surface area contributed by atoms with Crippen LogP contribution < -0.4 is 5.32 Å². The Labute approximate surface area is 130 Å². The van der Waals surface area contributed by atoms with Gasteiger partial charge in [-0.05, 0) is 57.5 Å². The van der Waals surface area contributed by atoms with Crippen LogP contribution in [0.3, 0.4) is 0 Å². The van der Waals surface area contributed by atoms with Crippen molar-refractivity contribution in [3.63, 3.8) is 0 Å². The van der Waals surface area contributed by atoms with E-state index in [1.54, 1.807) is 7.11 Å².